The first kappa shape index (κ1) is 18.6. The first-order chi connectivity index (χ1) is 11.3. The van der Waals surface area contributed by atoms with E-state index in [1.807, 2.05) is 26.8 Å². The Morgan fingerprint density at radius 1 is 0.958 bits per heavy atom. The fraction of sp³-hybridized carbons (Fsp3) is 0.500. The van der Waals surface area contributed by atoms with Crippen molar-refractivity contribution in [1.29, 1.82) is 0 Å². The SMILES string of the molecule is C=C(/C(=C/C(=C(C)/C(C)=C(C)\C(F)=C/C)C1CC1)C(C)=O)C1CC1. The number of rotatable bonds is 7. The van der Waals surface area contributed by atoms with Gasteiger partial charge in [-0.15, -0.1) is 0 Å². The molecule has 0 atom stereocenters. The molecule has 2 aliphatic rings. The van der Waals surface area contributed by atoms with Crippen LogP contribution in [0.2, 0.25) is 0 Å². The van der Waals surface area contributed by atoms with E-state index in [-0.39, 0.29) is 11.6 Å². The highest BCUT2D eigenvalue weighted by Crippen LogP contribution is 2.44. The van der Waals surface area contributed by atoms with E-state index in [0.29, 0.717) is 17.4 Å². The second-order valence-corrected chi connectivity index (χ2v) is 7.15. The normalized spacial score (nSPS) is 21.2. The number of halogens is 1. The van der Waals surface area contributed by atoms with Crippen LogP contribution in [0.15, 0.2) is 58.0 Å². The monoisotopic (exact) mass is 328 g/mol. The minimum Gasteiger partial charge on any atom is -0.295 e. The average Bonchev–Trinajstić information content (AvgIpc) is 3.43. The van der Waals surface area contributed by atoms with Gasteiger partial charge < -0.3 is 0 Å². The van der Waals surface area contributed by atoms with E-state index in [4.69, 9.17) is 0 Å². The minimum atomic E-state index is -0.180. The summed E-state index contributed by atoms with van der Waals surface area (Å²) in [7, 11) is 0. The third-order valence-corrected chi connectivity index (χ3v) is 5.28. The standard InChI is InChI=1S/C22H29FO/c1-7-22(23)15(4)13(2)14(3)21(19-10-11-19)12-20(17(6)24)16(5)18-8-9-18/h7,12,18-19H,5,8-11H2,1-4,6H3/b15-13-,20-12-,21-14-,22-7+. The summed E-state index contributed by atoms with van der Waals surface area (Å²) in [6.07, 6.45) is 8.09. The van der Waals surface area contributed by atoms with Crippen LogP contribution in [-0.4, -0.2) is 5.78 Å². The van der Waals surface area contributed by atoms with Crippen LogP contribution in [0.4, 0.5) is 4.39 Å². The number of hydrogen-bond acceptors (Lipinski definition) is 1. The lowest BCUT2D eigenvalue weighted by atomic mass is 9.91. The minimum absolute atomic E-state index is 0.0795. The smallest absolute Gasteiger partial charge is 0.160 e. The lowest BCUT2D eigenvalue weighted by Crippen LogP contribution is -2.04. The van der Waals surface area contributed by atoms with E-state index >= 15 is 0 Å². The third-order valence-electron chi connectivity index (χ3n) is 5.28. The van der Waals surface area contributed by atoms with Crippen LogP contribution in [0.5, 0.6) is 0 Å². The van der Waals surface area contributed by atoms with Crippen molar-refractivity contribution >= 4 is 5.78 Å². The fourth-order valence-electron chi connectivity index (χ4n) is 3.05. The van der Waals surface area contributed by atoms with Crippen LogP contribution in [0.1, 0.15) is 60.3 Å². The number of carbonyl (C=O) groups is 1. The predicted octanol–water partition coefficient (Wildman–Crippen LogP) is 6.40. The molecule has 1 nitrogen and oxygen atoms in total. The lowest BCUT2D eigenvalue weighted by Gasteiger charge is -2.14. The molecule has 0 spiro atoms. The van der Waals surface area contributed by atoms with E-state index in [2.05, 4.69) is 6.58 Å². The van der Waals surface area contributed by atoms with Gasteiger partial charge >= 0.3 is 0 Å². The Hall–Kier alpha value is -1.70. The number of hydrogen-bond donors (Lipinski definition) is 0. The second-order valence-electron chi connectivity index (χ2n) is 7.15. The van der Waals surface area contributed by atoms with Gasteiger partial charge in [-0.05, 0) is 106 Å². The van der Waals surface area contributed by atoms with Crippen molar-refractivity contribution in [2.24, 2.45) is 11.8 Å². The maximum absolute atomic E-state index is 13.9. The Kier molecular flexibility index (Phi) is 5.79. The Balaban J connectivity index is 2.49. The summed E-state index contributed by atoms with van der Waals surface area (Å²) >= 11 is 0. The van der Waals surface area contributed by atoms with Crippen molar-refractivity contribution in [3.05, 3.63) is 58.0 Å². The van der Waals surface area contributed by atoms with Gasteiger partial charge in [0, 0.05) is 5.57 Å². The topological polar surface area (TPSA) is 17.1 Å². The Bertz CT molecular complexity index is 677. The first-order valence-corrected chi connectivity index (χ1v) is 8.90. The largest absolute Gasteiger partial charge is 0.295 e. The summed E-state index contributed by atoms with van der Waals surface area (Å²) in [6.45, 7) is 13.3. The Labute approximate surface area is 145 Å². The molecule has 0 heterocycles. The van der Waals surface area contributed by atoms with Gasteiger partial charge in [-0.3, -0.25) is 4.79 Å². The molecule has 0 saturated heterocycles. The van der Waals surface area contributed by atoms with E-state index in [9.17, 15) is 9.18 Å². The van der Waals surface area contributed by atoms with Crippen molar-refractivity contribution in [2.45, 2.75) is 60.3 Å². The molecule has 2 fully saturated rings. The number of ketones is 1. The van der Waals surface area contributed by atoms with E-state index < -0.39 is 0 Å². The zero-order valence-corrected chi connectivity index (χ0v) is 15.6. The van der Waals surface area contributed by atoms with Crippen LogP contribution in [0.25, 0.3) is 0 Å². The van der Waals surface area contributed by atoms with Gasteiger partial charge in [0.2, 0.25) is 0 Å². The molecule has 2 rings (SSSR count). The molecule has 24 heavy (non-hydrogen) atoms. The zero-order chi connectivity index (χ0) is 18.0. The first-order valence-electron chi connectivity index (χ1n) is 8.90. The van der Waals surface area contributed by atoms with E-state index in [1.165, 1.54) is 11.6 Å². The highest BCUT2D eigenvalue weighted by molar-refractivity contribution is 5.98. The molecule has 0 aliphatic heterocycles. The Morgan fingerprint density at radius 3 is 1.92 bits per heavy atom. The molecule has 2 heteroatoms. The summed E-state index contributed by atoms with van der Waals surface area (Å²) < 4.78 is 13.9. The average molecular weight is 328 g/mol. The van der Waals surface area contributed by atoms with Crippen LogP contribution in [-0.2, 0) is 4.79 Å². The zero-order valence-electron chi connectivity index (χ0n) is 15.6. The maximum atomic E-state index is 13.9. The number of Topliss-reactive ketones (excluding diaryl/α,β-unsaturated/α-hetero) is 1. The highest BCUT2D eigenvalue weighted by atomic mass is 19.1. The van der Waals surface area contributed by atoms with Gasteiger partial charge in [0.1, 0.15) is 5.83 Å². The Morgan fingerprint density at radius 2 is 1.50 bits per heavy atom. The van der Waals surface area contributed by atoms with Crippen molar-refractivity contribution < 1.29 is 9.18 Å². The molecule has 130 valence electrons. The molecule has 2 saturated carbocycles. The van der Waals surface area contributed by atoms with Crippen molar-refractivity contribution in [3.8, 4) is 0 Å². The molecule has 2 aliphatic carbocycles. The van der Waals surface area contributed by atoms with Gasteiger partial charge in [-0.1, -0.05) is 12.7 Å². The number of allylic oxidation sites excluding steroid dienone is 9. The molecule has 0 bridgehead atoms. The van der Waals surface area contributed by atoms with E-state index in [1.54, 1.807) is 13.8 Å². The summed E-state index contributed by atoms with van der Waals surface area (Å²) in [6, 6.07) is 0. The molecule has 0 amide bonds. The van der Waals surface area contributed by atoms with Crippen LogP contribution in [0, 0.1) is 11.8 Å². The van der Waals surface area contributed by atoms with Gasteiger partial charge in [0.05, 0.1) is 0 Å². The molecular weight excluding hydrogens is 299 g/mol. The van der Waals surface area contributed by atoms with Gasteiger partial charge in [0.25, 0.3) is 0 Å². The van der Waals surface area contributed by atoms with Gasteiger partial charge in [-0.25, -0.2) is 4.39 Å². The fourth-order valence-corrected chi connectivity index (χ4v) is 3.05. The maximum Gasteiger partial charge on any atom is 0.160 e. The summed E-state index contributed by atoms with van der Waals surface area (Å²) in [5, 5.41) is 0. The molecule has 0 unspecified atom stereocenters. The second kappa shape index (κ2) is 7.46. The molecule has 0 aromatic heterocycles. The lowest BCUT2D eigenvalue weighted by molar-refractivity contribution is -0.113. The van der Waals surface area contributed by atoms with Crippen LogP contribution >= 0.6 is 0 Å². The molecule has 0 aromatic carbocycles. The summed E-state index contributed by atoms with van der Waals surface area (Å²) in [4.78, 5) is 12.1. The molecular formula is C22H29FO. The van der Waals surface area contributed by atoms with E-state index in [0.717, 1.165) is 48.0 Å². The van der Waals surface area contributed by atoms with Crippen LogP contribution in [0.3, 0.4) is 0 Å². The third kappa shape index (κ3) is 4.23. The van der Waals surface area contributed by atoms with Crippen molar-refractivity contribution in [3.63, 3.8) is 0 Å². The number of carbonyl (C=O) groups excluding carboxylic acids is 1. The molecule has 0 aromatic rings. The molecule has 0 radical (unpaired) electrons. The van der Waals surface area contributed by atoms with Crippen molar-refractivity contribution in [1.82, 2.24) is 0 Å². The van der Waals surface area contributed by atoms with Crippen LogP contribution < -0.4 is 0 Å². The summed E-state index contributed by atoms with van der Waals surface area (Å²) in [5.74, 6) is 0.860. The predicted molar refractivity (Wildman–Crippen MR) is 99.3 cm³/mol. The van der Waals surface area contributed by atoms with Gasteiger partial charge in [-0.2, -0.15) is 0 Å². The highest BCUT2D eigenvalue weighted by Gasteiger charge is 2.31. The van der Waals surface area contributed by atoms with Gasteiger partial charge in [0.15, 0.2) is 5.78 Å². The quantitative estimate of drug-likeness (QED) is 0.390. The summed E-state index contributed by atoms with van der Waals surface area (Å²) in [5.41, 5.74) is 5.65. The molecule has 0 N–H and O–H groups in total. The van der Waals surface area contributed by atoms with Crippen molar-refractivity contribution in [2.75, 3.05) is 0 Å².